The third-order valence-corrected chi connectivity index (χ3v) is 7.67. The van der Waals surface area contributed by atoms with E-state index in [0.29, 0.717) is 29.6 Å². The molecular weight excluding hydrogens is 550 g/mol. The lowest BCUT2D eigenvalue weighted by Gasteiger charge is -2.14. The number of ether oxygens (including phenoxy) is 2. The van der Waals surface area contributed by atoms with Crippen LogP contribution in [0.3, 0.4) is 0 Å². The summed E-state index contributed by atoms with van der Waals surface area (Å²) in [7, 11) is 0. The maximum absolute atomic E-state index is 13.0. The zero-order chi connectivity index (χ0) is 25.8. The molecule has 0 aromatic heterocycles. The highest BCUT2D eigenvalue weighted by Crippen LogP contribution is 2.36. The molecule has 0 bridgehead atoms. The molecule has 0 atom stereocenters. The number of nitrogens with zero attached hydrogens (tertiary/aromatic N) is 1. The minimum Gasteiger partial charge on any atom is -0.490 e. The monoisotopic (exact) mass is 573 g/mol. The first-order valence-corrected chi connectivity index (χ1v) is 13.5. The van der Waals surface area contributed by atoms with Crippen molar-refractivity contribution in [2.24, 2.45) is 0 Å². The van der Waals surface area contributed by atoms with Crippen molar-refractivity contribution >= 4 is 55.7 Å². The molecule has 0 spiro atoms. The largest absolute Gasteiger partial charge is 0.490 e. The SMILES string of the molecule is CCOc1cc(/C=C2\SC(=O)N(Cc3ccccc3Br)C2=O)ccc1OCc1cccc2ccccc12. The van der Waals surface area contributed by atoms with E-state index < -0.39 is 0 Å². The molecular formula is C30H24BrNO4S. The fourth-order valence-corrected chi connectivity index (χ4v) is 5.41. The molecule has 4 aromatic rings. The van der Waals surface area contributed by atoms with Gasteiger partial charge in [0.2, 0.25) is 0 Å². The minimum atomic E-state index is -0.306. The molecule has 7 heteroatoms. The highest BCUT2D eigenvalue weighted by molar-refractivity contribution is 9.10. The Kier molecular flexibility index (Phi) is 7.63. The fourth-order valence-electron chi connectivity index (χ4n) is 4.16. The average molecular weight is 574 g/mol. The van der Waals surface area contributed by atoms with Crippen LogP contribution in [0.15, 0.2) is 94.3 Å². The number of amides is 2. The van der Waals surface area contributed by atoms with Crippen LogP contribution in [0, 0.1) is 0 Å². The third-order valence-electron chi connectivity index (χ3n) is 5.99. The summed E-state index contributed by atoms with van der Waals surface area (Å²) in [6, 6.07) is 27.5. The van der Waals surface area contributed by atoms with E-state index in [1.54, 1.807) is 6.08 Å². The van der Waals surface area contributed by atoms with Crippen LogP contribution in [0.4, 0.5) is 4.79 Å². The number of carbonyl (C=O) groups excluding carboxylic acids is 2. The molecule has 1 fully saturated rings. The summed E-state index contributed by atoms with van der Waals surface area (Å²) in [5.74, 6) is 0.901. The predicted molar refractivity (Wildman–Crippen MR) is 152 cm³/mol. The van der Waals surface area contributed by atoms with Crippen LogP contribution in [0.2, 0.25) is 0 Å². The van der Waals surface area contributed by atoms with Gasteiger partial charge in [-0.1, -0.05) is 82.7 Å². The van der Waals surface area contributed by atoms with Crippen LogP contribution >= 0.6 is 27.7 Å². The lowest BCUT2D eigenvalue weighted by molar-refractivity contribution is -0.123. The molecule has 0 unspecified atom stereocenters. The number of hydrogen-bond donors (Lipinski definition) is 0. The molecule has 186 valence electrons. The molecule has 2 amide bonds. The van der Waals surface area contributed by atoms with Crippen molar-refractivity contribution in [1.29, 1.82) is 0 Å². The second-order valence-corrected chi connectivity index (χ2v) is 10.3. The summed E-state index contributed by atoms with van der Waals surface area (Å²) >= 11 is 4.43. The van der Waals surface area contributed by atoms with Crippen LogP contribution in [0.25, 0.3) is 16.8 Å². The number of fused-ring (bicyclic) bond motifs is 1. The first-order chi connectivity index (χ1) is 18.0. The Morgan fingerprint density at radius 1 is 0.865 bits per heavy atom. The van der Waals surface area contributed by atoms with Gasteiger partial charge in [0.1, 0.15) is 6.61 Å². The Labute approximate surface area is 228 Å². The van der Waals surface area contributed by atoms with Gasteiger partial charge in [-0.05, 0) is 70.4 Å². The van der Waals surface area contributed by atoms with Crippen molar-refractivity contribution in [3.8, 4) is 11.5 Å². The Morgan fingerprint density at radius 2 is 1.62 bits per heavy atom. The molecule has 0 saturated carbocycles. The molecule has 37 heavy (non-hydrogen) atoms. The number of imide groups is 1. The number of benzene rings is 4. The molecule has 1 saturated heterocycles. The van der Waals surface area contributed by atoms with E-state index >= 15 is 0 Å². The van der Waals surface area contributed by atoms with Gasteiger partial charge in [0, 0.05) is 4.47 Å². The number of thioether (sulfide) groups is 1. The Bertz CT molecular complexity index is 1510. The van der Waals surface area contributed by atoms with Crippen LogP contribution in [0.1, 0.15) is 23.6 Å². The highest BCUT2D eigenvalue weighted by Gasteiger charge is 2.35. The van der Waals surface area contributed by atoms with Crippen LogP contribution in [-0.2, 0) is 17.9 Å². The molecule has 5 rings (SSSR count). The second kappa shape index (κ2) is 11.2. The molecule has 0 N–H and O–H groups in total. The maximum atomic E-state index is 13.0. The quantitative estimate of drug-likeness (QED) is 0.201. The van der Waals surface area contributed by atoms with Crippen LogP contribution in [0.5, 0.6) is 11.5 Å². The molecule has 1 aliphatic rings. The molecule has 0 aliphatic carbocycles. The van der Waals surface area contributed by atoms with E-state index in [0.717, 1.165) is 43.7 Å². The van der Waals surface area contributed by atoms with Crippen molar-refractivity contribution in [2.45, 2.75) is 20.1 Å². The van der Waals surface area contributed by atoms with Crippen molar-refractivity contribution in [2.75, 3.05) is 6.61 Å². The van der Waals surface area contributed by atoms with Crippen molar-refractivity contribution < 1.29 is 19.1 Å². The first-order valence-electron chi connectivity index (χ1n) is 11.9. The fraction of sp³-hybridized carbons (Fsp3) is 0.133. The maximum Gasteiger partial charge on any atom is 0.293 e. The highest BCUT2D eigenvalue weighted by atomic mass is 79.9. The van der Waals surface area contributed by atoms with Gasteiger partial charge in [-0.3, -0.25) is 14.5 Å². The number of halogens is 1. The van der Waals surface area contributed by atoms with Gasteiger partial charge in [-0.2, -0.15) is 0 Å². The van der Waals surface area contributed by atoms with Gasteiger partial charge in [-0.25, -0.2) is 0 Å². The summed E-state index contributed by atoms with van der Waals surface area (Å²) < 4.78 is 12.9. The topological polar surface area (TPSA) is 55.8 Å². The smallest absolute Gasteiger partial charge is 0.293 e. The molecule has 1 aliphatic heterocycles. The predicted octanol–water partition coefficient (Wildman–Crippen LogP) is 7.82. The van der Waals surface area contributed by atoms with E-state index in [9.17, 15) is 9.59 Å². The number of carbonyl (C=O) groups is 2. The van der Waals surface area contributed by atoms with Gasteiger partial charge < -0.3 is 9.47 Å². The van der Waals surface area contributed by atoms with Gasteiger partial charge in [-0.15, -0.1) is 0 Å². The lowest BCUT2D eigenvalue weighted by Crippen LogP contribution is -2.27. The summed E-state index contributed by atoms with van der Waals surface area (Å²) in [6.45, 7) is 2.99. The third kappa shape index (κ3) is 5.58. The Balaban J connectivity index is 1.35. The number of rotatable bonds is 8. The van der Waals surface area contributed by atoms with Crippen molar-refractivity contribution in [1.82, 2.24) is 4.90 Å². The van der Waals surface area contributed by atoms with E-state index in [-0.39, 0.29) is 17.7 Å². The van der Waals surface area contributed by atoms with Gasteiger partial charge in [0.25, 0.3) is 11.1 Å². The summed E-state index contributed by atoms with van der Waals surface area (Å²) in [4.78, 5) is 27.3. The van der Waals surface area contributed by atoms with Gasteiger partial charge in [0.15, 0.2) is 11.5 Å². The lowest BCUT2D eigenvalue weighted by atomic mass is 10.1. The zero-order valence-corrected chi connectivity index (χ0v) is 22.6. The summed E-state index contributed by atoms with van der Waals surface area (Å²) in [5, 5.41) is 2.03. The van der Waals surface area contributed by atoms with E-state index in [2.05, 4.69) is 40.2 Å². The standard InChI is InChI=1S/C30H24BrNO4S/c1-2-35-27-16-20(14-15-26(27)36-19-23-11-7-10-21-8-3-5-12-24(21)23)17-28-29(33)32(30(34)37-28)18-22-9-4-6-13-25(22)31/h3-17H,2,18-19H2,1H3/b28-17-. The summed E-state index contributed by atoms with van der Waals surface area (Å²) in [6.07, 6.45) is 1.72. The second-order valence-electron chi connectivity index (χ2n) is 8.43. The van der Waals surface area contributed by atoms with Crippen LogP contribution in [-0.4, -0.2) is 22.7 Å². The Hall–Kier alpha value is -3.55. The Morgan fingerprint density at radius 3 is 2.46 bits per heavy atom. The van der Waals surface area contributed by atoms with E-state index in [4.69, 9.17) is 9.47 Å². The summed E-state index contributed by atoms with van der Waals surface area (Å²) in [5.41, 5.74) is 2.72. The van der Waals surface area contributed by atoms with Crippen LogP contribution < -0.4 is 9.47 Å². The first kappa shape index (κ1) is 25.1. The zero-order valence-electron chi connectivity index (χ0n) is 20.1. The molecule has 4 aromatic carbocycles. The normalized spacial score (nSPS) is 14.5. The minimum absolute atomic E-state index is 0.217. The molecule has 5 nitrogen and oxygen atoms in total. The van der Waals surface area contributed by atoms with E-state index in [1.807, 2.05) is 67.6 Å². The van der Waals surface area contributed by atoms with Gasteiger partial charge >= 0.3 is 0 Å². The average Bonchev–Trinajstić information content (AvgIpc) is 3.17. The molecule has 1 heterocycles. The van der Waals surface area contributed by atoms with Crippen molar-refractivity contribution in [3.05, 3.63) is 111 Å². The molecule has 0 radical (unpaired) electrons. The van der Waals surface area contributed by atoms with E-state index in [1.165, 1.54) is 4.90 Å². The number of hydrogen-bond acceptors (Lipinski definition) is 5. The van der Waals surface area contributed by atoms with Crippen molar-refractivity contribution in [3.63, 3.8) is 0 Å². The van der Waals surface area contributed by atoms with Gasteiger partial charge in [0.05, 0.1) is 18.1 Å².